The van der Waals surface area contributed by atoms with Crippen LogP contribution in [-0.4, -0.2) is 20.0 Å². The van der Waals surface area contributed by atoms with Crippen molar-refractivity contribution in [1.82, 2.24) is 10.0 Å². The molecule has 19 heavy (non-hydrogen) atoms. The summed E-state index contributed by atoms with van der Waals surface area (Å²) >= 11 is 0. The van der Waals surface area contributed by atoms with Gasteiger partial charge >= 0.3 is 0 Å². The summed E-state index contributed by atoms with van der Waals surface area (Å²) in [7, 11) is -3.62. The quantitative estimate of drug-likeness (QED) is 0.785. The summed E-state index contributed by atoms with van der Waals surface area (Å²) in [5, 5.41) is 3.15. The Hall–Kier alpha value is -1.11. The van der Waals surface area contributed by atoms with E-state index in [1.807, 2.05) is 20.8 Å². The second-order valence-corrected chi connectivity index (χ2v) is 7.11. The molecule has 0 aliphatic heterocycles. The largest absolute Gasteiger partial charge is 0.447 e. The summed E-state index contributed by atoms with van der Waals surface area (Å²) in [5.74, 6) is 0.585. The second-order valence-electron chi connectivity index (χ2n) is 5.47. The van der Waals surface area contributed by atoms with E-state index in [4.69, 9.17) is 4.42 Å². The molecule has 0 radical (unpaired) electrons. The normalized spacial score (nSPS) is 14.3. The molecule has 0 aromatic carbocycles. The highest BCUT2D eigenvalue weighted by Crippen LogP contribution is 2.15. The summed E-state index contributed by atoms with van der Waals surface area (Å²) in [6, 6.07) is 2.77. The predicted octanol–water partition coefficient (Wildman–Crippen LogP) is 2.02. The van der Waals surface area contributed by atoms with Crippen molar-refractivity contribution in [2.45, 2.75) is 50.9 Å². The van der Waals surface area contributed by atoms with Gasteiger partial charge in [0.25, 0.3) is 10.0 Å². The van der Waals surface area contributed by atoms with E-state index in [0.29, 0.717) is 12.3 Å². The molecule has 0 spiro atoms. The summed E-state index contributed by atoms with van der Waals surface area (Å²) in [5.41, 5.74) is -0.0541. The molecule has 0 fully saturated rings. The van der Waals surface area contributed by atoms with Crippen molar-refractivity contribution in [2.75, 3.05) is 0 Å². The van der Waals surface area contributed by atoms with Gasteiger partial charge in [0, 0.05) is 11.6 Å². The van der Waals surface area contributed by atoms with Gasteiger partial charge in [-0.2, -0.15) is 0 Å². The van der Waals surface area contributed by atoms with Crippen LogP contribution in [0.1, 0.15) is 33.5 Å². The van der Waals surface area contributed by atoms with Crippen LogP contribution in [0, 0.1) is 0 Å². The van der Waals surface area contributed by atoms with Gasteiger partial charge in [-0.3, -0.25) is 0 Å². The topological polar surface area (TPSA) is 71.3 Å². The Bertz CT molecular complexity index is 526. The number of sulfonamides is 1. The molecule has 1 aromatic heterocycles. The van der Waals surface area contributed by atoms with E-state index in [1.54, 1.807) is 13.0 Å². The zero-order chi connectivity index (χ0) is 14.7. The third kappa shape index (κ3) is 5.18. The third-order valence-electron chi connectivity index (χ3n) is 2.39. The zero-order valence-electron chi connectivity index (χ0n) is 11.9. The van der Waals surface area contributed by atoms with E-state index in [2.05, 4.69) is 16.6 Å². The van der Waals surface area contributed by atoms with Gasteiger partial charge in [0.05, 0.1) is 6.54 Å². The minimum Gasteiger partial charge on any atom is -0.447 e. The molecule has 1 aromatic rings. The number of nitrogens with one attached hydrogen (secondary N) is 2. The first-order valence-corrected chi connectivity index (χ1v) is 7.61. The first kappa shape index (κ1) is 15.9. The highest BCUT2D eigenvalue weighted by atomic mass is 32.2. The molecular weight excluding hydrogens is 264 g/mol. The number of hydrogen-bond donors (Lipinski definition) is 2. The van der Waals surface area contributed by atoms with Crippen LogP contribution in [0.5, 0.6) is 0 Å². The third-order valence-corrected chi connectivity index (χ3v) is 3.82. The van der Waals surface area contributed by atoms with E-state index in [1.165, 1.54) is 12.1 Å². The van der Waals surface area contributed by atoms with Gasteiger partial charge in [-0.15, -0.1) is 6.58 Å². The molecule has 0 aliphatic carbocycles. The van der Waals surface area contributed by atoms with E-state index < -0.39 is 10.0 Å². The Morgan fingerprint density at radius 3 is 2.58 bits per heavy atom. The Morgan fingerprint density at radius 2 is 2.05 bits per heavy atom. The van der Waals surface area contributed by atoms with E-state index in [9.17, 15) is 8.42 Å². The first-order valence-electron chi connectivity index (χ1n) is 6.13. The second kappa shape index (κ2) is 5.90. The van der Waals surface area contributed by atoms with Gasteiger partial charge in [0.2, 0.25) is 5.09 Å². The maximum Gasteiger partial charge on any atom is 0.274 e. The maximum atomic E-state index is 11.9. The molecule has 0 bridgehead atoms. The van der Waals surface area contributed by atoms with Crippen LogP contribution in [0.4, 0.5) is 0 Å². The summed E-state index contributed by atoms with van der Waals surface area (Å²) in [6.07, 6.45) is 1.52. The van der Waals surface area contributed by atoms with Gasteiger partial charge in [-0.05, 0) is 39.8 Å². The van der Waals surface area contributed by atoms with E-state index in [-0.39, 0.29) is 16.7 Å². The lowest BCUT2D eigenvalue weighted by Crippen LogP contribution is -2.34. The summed E-state index contributed by atoms with van der Waals surface area (Å²) in [6.45, 7) is 11.8. The molecular formula is C13H22N2O3S. The minimum atomic E-state index is -3.62. The lowest BCUT2D eigenvalue weighted by Gasteiger charge is -2.19. The molecule has 0 amide bonds. The first-order chi connectivity index (χ1) is 8.64. The fourth-order valence-electron chi connectivity index (χ4n) is 1.30. The van der Waals surface area contributed by atoms with Crippen LogP contribution in [-0.2, 0) is 16.6 Å². The van der Waals surface area contributed by atoms with Gasteiger partial charge in [0.15, 0.2) is 0 Å². The van der Waals surface area contributed by atoms with E-state index in [0.717, 1.165) is 0 Å². The summed E-state index contributed by atoms with van der Waals surface area (Å²) in [4.78, 5) is 0. The number of hydrogen-bond acceptors (Lipinski definition) is 4. The van der Waals surface area contributed by atoms with Gasteiger partial charge < -0.3 is 9.73 Å². The molecule has 1 heterocycles. The fourth-order valence-corrected chi connectivity index (χ4v) is 2.47. The Morgan fingerprint density at radius 1 is 1.42 bits per heavy atom. The van der Waals surface area contributed by atoms with Gasteiger partial charge in [0.1, 0.15) is 5.76 Å². The van der Waals surface area contributed by atoms with Crippen LogP contribution >= 0.6 is 0 Å². The standard InChI is InChI=1S/C13H22N2O3S/c1-6-10(2)15-19(16,17)12-8-7-11(18-12)9-14-13(3,4)5/h6-8,10,14-15H,1,9H2,2-5H3. The van der Waals surface area contributed by atoms with E-state index >= 15 is 0 Å². The monoisotopic (exact) mass is 286 g/mol. The van der Waals surface area contributed by atoms with Crippen molar-refractivity contribution < 1.29 is 12.8 Å². The average molecular weight is 286 g/mol. The highest BCUT2D eigenvalue weighted by molar-refractivity contribution is 7.89. The molecule has 2 N–H and O–H groups in total. The molecule has 1 unspecified atom stereocenters. The Balaban J connectivity index is 2.76. The smallest absolute Gasteiger partial charge is 0.274 e. The molecule has 1 atom stereocenters. The average Bonchev–Trinajstić information content (AvgIpc) is 2.74. The molecule has 0 aliphatic rings. The van der Waals surface area contributed by atoms with Crippen LogP contribution in [0.25, 0.3) is 0 Å². The van der Waals surface area contributed by atoms with Gasteiger partial charge in [-0.25, -0.2) is 13.1 Å². The number of furan rings is 1. The molecule has 0 saturated carbocycles. The van der Waals surface area contributed by atoms with Crippen molar-refractivity contribution >= 4 is 10.0 Å². The van der Waals surface area contributed by atoms with Crippen LogP contribution in [0.15, 0.2) is 34.3 Å². The SMILES string of the molecule is C=CC(C)NS(=O)(=O)c1ccc(CNC(C)(C)C)o1. The van der Waals surface area contributed by atoms with Crippen molar-refractivity contribution in [3.8, 4) is 0 Å². The van der Waals surface area contributed by atoms with Crippen molar-refractivity contribution in [3.05, 3.63) is 30.5 Å². The maximum absolute atomic E-state index is 11.9. The van der Waals surface area contributed by atoms with Crippen LogP contribution < -0.4 is 10.0 Å². The number of rotatable bonds is 6. The molecule has 0 saturated heterocycles. The van der Waals surface area contributed by atoms with Gasteiger partial charge in [-0.1, -0.05) is 6.08 Å². The Labute approximate surface area is 115 Å². The van der Waals surface area contributed by atoms with Crippen molar-refractivity contribution in [1.29, 1.82) is 0 Å². The predicted molar refractivity (Wildman–Crippen MR) is 75.3 cm³/mol. The highest BCUT2D eigenvalue weighted by Gasteiger charge is 2.20. The molecule has 6 heteroatoms. The molecule has 1 rings (SSSR count). The lowest BCUT2D eigenvalue weighted by molar-refractivity contribution is 0.359. The van der Waals surface area contributed by atoms with Crippen molar-refractivity contribution in [3.63, 3.8) is 0 Å². The van der Waals surface area contributed by atoms with Crippen molar-refractivity contribution in [2.24, 2.45) is 0 Å². The fraction of sp³-hybridized carbons (Fsp3) is 0.538. The Kier molecular flexibility index (Phi) is 4.95. The lowest BCUT2D eigenvalue weighted by atomic mass is 10.1. The minimum absolute atomic E-state index is 0.0541. The van der Waals surface area contributed by atoms with Crippen LogP contribution in [0.3, 0.4) is 0 Å². The summed E-state index contributed by atoms with van der Waals surface area (Å²) < 4.78 is 31.7. The molecule has 108 valence electrons. The van der Waals surface area contributed by atoms with Crippen LogP contribution in [0.2, 0.25) is 0 Å². The zero-order valence-corrected chi connectivity index (χ0v) is 12.7. The molecule has 5 nitrogen and oxygen atoms in total.